The van der Waals surface area contributed by atoms with E-state index in [0.29, 0.717) is 0 Å². The molecular weight excluding hydrogens is 428 g/mol. The fraction of sp³-hybridized carbons (Fsp3) is 0.161. The molecule has 35 heavy (non-hydrogen) atoms. The van der Waals surface area contributed by atoms with Crippen molar-refractivity contribution in [1.29, 1.82) is 0 Å². The molecule has 0 unspecified atom stereocenters. The third-order valence-electron chi connectivity index (χ3n) is 6.66. The number of fused-ring (bicyclic) bond motifs is 4. The summed E-state index contributed by atoms with van der Waals surface area (Å²) >= 11 is 0. The Kier molecular flexibility index (Phi) is 5.22. The van der Waals surface area contributed by atoms with E-state index < -0.39 is 0 Å². The van der Waals surface area contributed by atoms with Gasteiger partial charge in [0.05, 0.1) is 33.4 Å². The third kappa shape index (κ3) is 4.01. The van der Waals surface area contributed by atoms with Gasteiger partial charge >= 0.3 is 0 Å². The molecule has 4 nitrogen and oxygen atoms in total. The van der Waals surface area contributed by atoms with Crippen molar-refractivity contribution in [3.8, 4) is 0 Å². The number of benzene rings is 4. The number of aromatic nitrogens is 2. The second kappa shape index (κ2) is 8.55. The van der Waals surface area contributed by atoms with Crippen LogP contribution in [0.2, 0.25) is 0 Å². The lowest BCUT2D eigenvalue weighted by Gasteiger charge is -2.28. The highest BCUT2D eigenvalue weighted by Gasteiger charge is 2.20. The van der Waals surface area contributed by atoms with E-state index in [0.717, 1.165) is 68.1 Å². The fourth-order valence-corrected chi connectivity index (χ4v) is 4.78. The molecule has 0 aliphatic rings. The number of hydrogen-bond acceptors (Lipinski definition) is 4. The molecule has 2 N–H and O–H groups in total. The van der Waals surface area contributed by atoms with Gasteiger partial charge in [-0.15, -0.1) is 0 Å². The monoisotopic (exact) mass is 456 g/mol. The molecule has 0 radical (unpaired) electrons. The Morgan fingerprint density at radius 1 is 0.486 bits per heavy atom. The Balaban J connectivity index is 1.31. The maximum absolute atomic E-state index is 4.86. The van der Waals surface area contributed by atoms with Crippen molar-refractivity contribution >= 4 is 55.0 Å². The van der Waals surface area contributed by atoms with Crippen LogP contribution < -0.4 is 10.6 Å². The smallest absolute Gasteiger partial charge is 0.0730 e. The number of anilines is 2. The number of para-hydroxylation sites is 4. The Morgan fingerprint density at radius 2 is 0.771 bits per heavy atom. The van der Waals surface area contributed by atoms with E-state index in [4.69, 9.17) is 9.97 Å². The van der Waals surface area contributed by atoms with E-state index in [1.165, 1.54) is 0 Å². The van der Waals surface area contributed by atoms with Crippen molar-refractivity contribution in [3.63, 3.8) is 0 Å². The van der Waals surface area contributed by atoms with Crippen LogP contribution >= 0.6 is 0 Å². The summed E-state index contributed by atoms with van der Waals surface area (Å²) < 4.78 is 0. The van der Waals surface area contributed by atoms with Gasteiger partial charge in [-0.2, -0.15) is 0 Å². The maximum atomic E-state index is 4.86. The van der Waals surface area contributed by atoms with Gasteiger partial charge in [0.15, 0.2) is 0 Å². The zero-order chi connectivity index (χ0) is 23.8. The second-order valence-electron chi connectivity index (χ2n) is 9.91. The average molecular weight is 457 g/mol. The van der Waals surface area contributed by atoms with Crippen molar-refractivity contribution in [1.82, 2.24) is 9.97 Å². The molecule has 6 rings (SSSR count). The Morgan fingerprint density at radius 3 is 1.09 bits per heavy atom. The first-order valence-electron chi connectivity index (χ1n) is 12.1. The second-order valence-corrected chi connectivity index (χ2v) is 9.91. The standard InChI is InChI=1S/C31H28N4/c1-31(2,19-32-29-21-11-3-7-15-25(21)34-26-16-8-4-12-22(26)29)20-33-30-23-13-5-9-17-27(23)35-28-18-10-6-14-24(28)30/h3-18H,19-20H2,1-2H3,(H,32,34)(H,33,35). The predicted octanol–water partition coefficient (Wildman–Crippen LogP) is 7.64. The fourth-order valence-electron chi connectivity index (χ4n) is 4.78. The van der Waals surface area contributed by atoms with Crippen molar-refractivity contribution in [2.24, 2.45) is 5.41 Å². The molecule has 0 aliphatic heterocycles. The first kappa shape index (κ1) is 21.4. The molecule has 4 heteroatoms. The lowest BCUT2D eigenvalue weighted by molar-refractivity contribution is 0.420. The molecule has 0 saturated carbocycles. The highest BCUT2D eigenvalue weighted by atomic mass is 14.9. The van der Waals surface area contributed by atoms with Gasteiger partial charge in [-0.1, -0.05) is 86.6 Å². The highest BCUT2D eigenvalue weighted by Crippen LogP contribution is 2.33. The Labute approximate surface area is 205 Å². The van der Waals surface area contributed by atoms with Crippen molar-refractivity contribution in [3.05, 3.63) is 97.1 Å². The van der Waals surface area contributed by atoms with Crippen LogP contribution in [-0.2, 0) is 0 Å². The number of nitrogens with one attached hydrogen (secondary N) is 2. The van der Waals surface area contributed by atoms with Gasteiger partial charge in [-0.25, -0.2) is 9.97 Å². The van der Waals surface area contributed by atoms with Crippen molar-refractivity contribution < 1.29 is 0 Å². The summed E-state index contributed by atoms with van der Waals surface area (Å²) in [6.45, 7) is 6.23. The molecule has 0 amide bonds. The van der Waals surface area contributed by atoms with Crippen LogP contribution in [0.5, 0.6) is 0 Å². The molecule has 172 valence electrons. The molecular formula is C31H28N4. The summed E-state index contributed by atoms with van der Waals surface area (Å²) in [5, 5.41) is 12.2. The van der Waals surface area contributed by atoms with Crippen LogP contribution in [0.15, 0.2) is 97.1 Å². The van der Waals surface area contributed by atoms with Gasteiger partial charge in [0.25, 0.3) is 0 Å². The molecule has 0 fully saturated rings. The van der Waals surface area contributed by atoms with E-state index >= 15 is 0 Å². The largest absolute Gasteiger partial charge is 0.383 e. The lowest BCUT2D eigenvalue weighted by Crippen LogP contribution is -2.31. The molecule has 0 atom stereocenters. The third-order valence-corrected chi connectivity index (χ3v) is 6.66. The maximum Gasteiger partial charge on any atom is 0.0730 e. The molecule has 6 aromatic rings. The SMILES string of the molecule is CC(C)(CNc1c2ccccc2nc2ccccc12)CNc1c2ccccc2nc2ccccc12. The number of nitrogens with zero attached hydrogens (tertiary/aromatic N) is 2. The number of rotatable bonds is 6. The summed E-state index contributed by atoms with van der Waals surface area (Å²) in [4.78, 5) is 9.72. The molecule has 0 spiro atoms. The Bertz CT molecular complexity index is 1450. The van der Waals surface area contributed by atoms with Crippen molar-refractivity contribution in [2.75, 3.05) is 23.7 Å². The van der Waals surface area contributed by atoms with Gasteiger partial charge in [-0.05, 0) is 29.7 Å². The number of hydrogen-bond donors (Lipinski definition) is 2. The van der Waals surface area contributed by atoms with Crippen LogP contribution in [0.1, 0.15) is 13.8 Å². The van der Waals surface area contributed by atoms with Gasteiger partial charge in [0, 0.05) is 34.6 Å². The van der Waals surface area contributed by atoms with Crippen LogP contribution in [0.25, 0.3) is 43.6 Å². The minimum absolute atomic E-state index is 0.0169. The summed E-state index contributed by atoms with van der Waals surface area (Å²) in [6.07, 6.45) is 0. The predicted molar refractivity (Wildman–Crippen MR) is 149 cm³/mol. The van der Waals surface area contributed by atoms with E-state index in [1.54, 1.807) is 0 Å². The molecule has 2 aromatic heterocycles. The summed E-state index contributed by atoms with van der Waals surface area (Å²) in [5.74, 6) is 0. The molecule has 0 aliphatic carbocycles. The summed E-state index contributed by atoms with van der Waals surface area (Å²) in [5.41, 5.74) is 6.34. The van der Waals surface area contributed by atoms with Crippen LogP contribution in [-0.4, -0.2) is 23.1 Å². The first-order chi connectivity index (χ1) is 17.1. The van der Waals surface area contributed by atoms with E-state index in [2.05, 4.69) is 97.3 Å². The van der Waals surface area contributed by atoms with Crippen LogP contribution in [0.3, 0.4) is 0 Å². The molecule has 0 bridgehead atoms. The number of pyridine rings is 2. The minimum atomic E-state index is -0.0169. The average Bonchev–Trinajstić information content (AvgIpc) is 2.89. The van der Waals surface area contributed by atoms with Gasteiger partial charge in [0.1, 0.15) is 0 Å². The van der Waals surface area contributed by atoms with Crippen LogP contribution in [0, 0.1) is 5.41 Å². The molecule has 2 heterocycles. The van der Waals surface area contributed by atoms with Crippen molar-refractivity contribution in [2.45, 2.75) is 13.8 Å². The zero-order valence-corrected chi connectivity index (χ0v) is 20.0. The van der Waals surface area contributed by atoms with E-state index in [1.807, 2.05) is 24.3 Å². The van der Waals surface area contributed by atoms with Gasteiger partial charge in [0.2, 0.25) is 0 Å². The lowest BCUT2D eigenvalue weighted by atomic mass is 9.92. The van der Waals surface area contributed by atoms with E-state index in [9.17, 15) is 0 Å². The normalized spacial score (nSPS) is 11.9. The van der Waals surface area contributed by atoms with E-state index in [-0.39, 0.29) is 5.41 Å². The quantitative estimate of drug-likeness (QED) is 0.253. The molecule has 4 aromatic carbocycles. The van der Waals surface area contributed by atoms with Gasteiger partial charge < -0.3 is 10.6 Å². The topological polar surface area (TPSA) is 49.8 Å². The highest BCUT2D eigenvalue weighted by molar-refractivity contribution is 6.08. The Hall–Kier alpha value is -4.18. The first-order valence-corrected chi connectivity index (χ1v) is 12.1. The zero-order valence-electron chi connectivity index (χ0n) is 20.0. The van der Waals surface area contributed by atoms with Gasteiger partial charge in [-0.3, -0.25) is 0 Å². The summed E-state index contributed by atoms with van der Waals surface area (Å²) in [6, 6.07) is 33.4. The van der Waals surface area contributed by atoms with Crippen LogP contribution in [0.4, 0.5) is 11.4 Å². The minimum Gasteiger partial charge on any atom is -0.383 e. The summed E-state index contributed by atoms with van der Waals surface area (Å²) in [7, 11) is 0. The molecule has 0 saturated heterocycles.